The Balaban J connectivity index is 0.00000192. The van der Waals surface area contributed by atoms with Crippen LogP contribution in [0.15, 0.2) is 24.4 Å². The molecule has 3 rings (SSSR count). The average molecular weight is 344 g/mol. The molecule has 126 valence electrons. The van der Waals surface area contributed by atoms with Crippen molar-refractivity contribution in [1.29, 1.82) is 0 Å². The van der Waals surface area contributed by atoms with E-state index in [4.69, 9.17) is 0 Å². The number of fused-ring (bicyclic) bond motifs is 1. The highest BCUT2D eigenvalue weighted by Crippen LogP contribution is 2.25. The zero-order chi connectivity index (χ0) is 15.7. The third-order valence-corrected chi connectivity index (χ3v) is 4.12. The van der Waals surface area contributed by atoms with Crippen molar-refractivity contribution in [2.45, 2.75) is 31.7 Å². The van der Waals surface area contributed by atoms with Crippen LogP contribution in [0.1, 0.15) is 17.5 Å². The van der Waals surface area contributed by atoms with Crippen molar-refractivity contribution < 1.29 is 13.6 Å². The van der Waals surface area contributed by atoms with Crippen molar-refractivity contribution in [3.05, 3.63) is 35.5 Å². The number of nitrogens with one attached hydrogen (secondary N) is 3. The fourth-order valence-corrected chi connectivity index (χ4v) is 2.99. The molecule has 1 fully saturated rings. The Bertz CT molecular complexity index is 702. The maximum Gasteiger partial charge on any atom is 0.262 e. The second-order valence-corrected chi connectivity index (χ2v) is 5.85. The summed E-state index contributed by atoms with van der Waals surface area (Å²) < 4.78 is 26.1. The minimum atomic E-state index is -2.78. The van der Waals surface area contributed by atoms with Gasteiger partial charge in [0.1, 0.15) is 0 Å². The first-order valence-corrected chi connectivity index (χ1v) is 7.41. The van der Waals surface area contributed by atoms with Crippen molar-refractivity contribution in [1.82, 2.24) is 15.6 Å². The highest BCUT2D eigenvalue weighted by Gasteiger charge is 2.42. The number of hydrogen-bond acceptors (Lipinski definition) is 2. The summed E-state index contributed by atoms with van der Waals surface area (Å²) in [6.45, 7) is 2.05. The van der Waals surface area contributed by atoms with Gasteiger partial charge in [-0.3, -0.25) is 10.1 Å². The Morgan fingerprint density at radius 3 is 2.91 bits per heavy atom. The smallest absolute Gasteiger partial charge is 0.262 e. The van der Waals surface area contributed by atoms with Crippen molar-refractivity contribution in [3.63, 3.8) is 0 Å². The molecule has 1 unspecified atom stereocenters. The molecule has 1 aromatic carbocycles. The monoisotopic (exact) mass is 343 g/mol. The number of amides is 1. The topological polar surface area (TPSA) is 56.9 Å². The Kier molecular flexibility index (Phi) is 5.26. The van der Waals surface area contributed by atoms with Gasteiger partial charge in [-0.05, 0) is 30.5 Å². The van der Waals surface area contributed by atoms with Gasteiger partial charge < -0.3 is 10.3 Å². The number of carbonyl (C=O) groups excluding carboxylic acids is 1. The molecule has 7 heteroatoms. The van der Waals surface area contributed by atoms with E-state index < -0.39 is 24.9 Å². The van der Waals surface area contributed by atoms with Crippen molar-refractivity contribution >= 4 is 29.2 Å². The summed E-state index contributed by atoms with van der Waals surface area (Å²) in [7, 11) is 0. The van der Waals surface area contributed by atoms with Gasteiger partial charge in [-0.1, -0.05) is 12.1 Å². The molecule has 1 saturated heterocycles. The van der Waals surface area contributed by atoms with Crippen LogP contribution < -0.4 is 10.6 Å². The first-order valence-electron chi connectivity index (χ1n) is 7.41. The van der Waals surface area contributed by atoms with Gasteiger partial charge in [0.2, 0.25) is 5.91 Å². The first kappa shape index (κ1) is 17.7. The molecule has 1 atom stereocenters. The molecule has 0 spiro atoms. The van der Waals surface area contributed by atoms with Gasteiger partial charge in [0, 0.05) is 30.1 Å². The van der Waals surface area contributed by atoms with E-state index in [2.05, 4.69) is 15.6 Å². The highest BCUT2D eigenvalue weighted by molar-refractivity contribution is 5.86. The molecule has 1 aromatic heterocycles. The van der Waals surface area contributed by atoms with Gasteiger partial charge in [-0.15, -0.1) is 12.4 Å². The zero-order valence-corrected chi connectivity index (χ0v) is 13.6. The highest BCUT2D eigenvalue weighted by atomic mass is 35.5. The minimum Gasteiger partial charge on any atom is -0.361 e. The van der Waals surface area contributed by atoms with Crippen LogP contribution >= 0.6 is 12.4 Å². The lowest BCUT2D eigenvalue weighted by atomic mass is 10.1. The molecule has 23 heavy (non-hydrogen) atoms. The Hall–Kier alpha value is -1.66. The molecule has 1 aliphatic heterocycles. The van der Waals surface area contributed by atoms with Crippen LogP contribution in [0.2, 0.25) is 0 Å². The largest absolute Gasteiger partial charge is 0.361 e. The summed E-state index contributed by atoms with van der Waals surface area (Å²) in [5, 5.41) is 6.47. The lowest BCUT2D eigenvalue weighted by molar-refractivity contribution is -0.123. The van der Waals surface area contributed by atoms with Gasteiger partial charge >= 0.3 is 0 Å². The van der Waals surface area contributed by atoms with Gasteiger partial charge in [-0.2, -0.15) is 0 Å². The van der Waals surface area contributed by atoms with E-state index in [0.717, 1.165) is 11.1 Å². The van der Waals surface area contributed by atoms with E-state index in [1.165, 1.54) is 10.9 Å². The normalized spacial score (nSPS) is 19.5. The lowest BCUT2D eigenvalue weighted by Crippen LogP contribution is -2.41. The third-order valence-electron chi connectivity index (χ3n) is 4.12. The van der Waals surface area contributed by atoms with Crippen molar-refractivity contribution in [2.75, 3.05) is 13.1 Å². The number of rotatable bonds is 4. The molecule has 4 nitrogen and oxygen atoms in total. The molecule has 0 radical (unpaired) electrons. The van der Waals surface area contributed by atoms with Crippen molar-refractivity contribution in [3.8, 4) is 0 Å². The number of aromatic amines is 1. The second kappa shape index (κ2) is 6.84. The van der Waals surface area contributed by atoms with E-state index in [1.807, 2.05) is 31.3 Å². The lowest BCUT2D eigenvalue weighted by Gasteiger charge is -2.11. The number of alkyl halides is 2. The Morgan fingerprint density at radius 1 is 1.43 bits per heavy atom. The average Bonchev–Trinajstić information content (AvgIpc) is 3.03. The van der Waals surface area contributed by atoms with Crippen LogP contribution in [-0.2, 0) is 11.2 Å². The summed E-state index contributed by atoms with van der Waals surface area (Å²) in [5.41, 5.74) is 3.37. The van der Waals surface area contributed by atoms with E-state index in [-0.39, 0.29) is 18.3 Å². The van der Waals surface area contributed by atoms with Crippen LogP contribution in [0.4, 0.5) is 8.78 Å². The number of halogens is 3. The second-order valence-electron chi connectivity index (χ2n) is 5.85. The number of carbonyl (C=O) groups is 1. The molecule has 3 N–H and O–H groups in total. The van der Waals surface area contributed by atoms with Gasteiger partial charge in [0.15, 0.2) is 0 Å². The summed E-state index contributed by atoms with van der Waals surface area (Å²) in [6, 6.07) is 5.25. The van der Waals surface area contributed by atoms with Gasteiger partial charge in [0.25, 0.3) is 5.92 Å². The molecule has 0 saturated carbocycles. The molecular formula is C16H20ClF2N3O. The summed E-state index contributed by atoms with van der Waals surface area (Å²) in [4.78, 5) is 15.1. The predicted molar refractivity (Wildman–Crippen MR) is 88.4 cm³/mol. The van der Waals surface area contributed by atoms with E-state index in [0.29, 0.717) is 13.0 Å². The number of benzene rings is 1. The molecule has 2 heterocycles. The van der Waals surface area contributed by atoms with Gasteiger partial charge in [-0.25, -0.2) is 8.78 Å². The molecule has 0 aliphatic carbocycles. The summed E-state index contributed by atoms with van der Waals surface area (Å²) in [5.74, 6) is -3.13. The number of hydrogen-bond donors (Lipinski definition) is 3. The van der Waals surface area contributed by atoms with Crippen LogP contribution in [0.3, 0.4) is 0 Å². The first-order chi connectivity index (χ1) is 10.5. The maximum absolute atomic E-state index is 13.1. The van der Waals surface area contributed by atoms with E-state index in [1.54, 1.807) is 0 Å². The molecular weight excluding hydrogens is 324 g/mol. The summed E-state index contributed by atoms with van der Waals surface area (Å²) >= 11 is 0. The fraction of sp³-hybridized carbons (Fsp3) is 0.438. The van der Waals surface area contributed by atoms with Crippen LogP contribution in [0.25, 0.3) is 10.9 Å². The molecule has 2 aromatic rings. The maximum atomic E-state index is 13.1. The van der Waals surface area contributed by atoms with Crippen LogP contribution in [0.5, 0.6) is 0 Å². The quantitative estimate of drug-likeness (QED) is 0.799. The standard InChI is InChI=1S/C16H19F2N3O.ClH/c1-10-3-2-4-12-14(10)11(8-20-12)5-6-19-15(22)13-7-16(17,18)9-21-13;/h2-4,8,13,20-21H,5-7,9H2,1H3,(H,19,22);1H. The van der Waals surface area contributed by atoms with Crippen LogP contribution in [0, 0.1) is 6.92 Å². The molecule has 1 amide bonds. The van der Waals surface area contributed by atoms with Crippen molar-refractivity contribution in [2.24, 2.45) is 0 Å². The van der Waals surface area contributed by atoms with E-state index in [9.17, 15) is 13.6 Å². The number of aryl methyl sites for hydroxylation is 1. The van der Waals surface area contributed by atoms with E-state index >= 15 is 0 Å². The SMILES string of the molecule is Cc1cccc2[nH]cc(CCNC(=O)C3CC(F)(F)CN3)c12.Cl. The van der Waals surface area contributed by atoms with Crippen LogP contribution in [-0.4, -0.2) is 35.9 Å². The molecule has 1 aliphatic rings. The summed E-state index contributed by atoms with van der Waals surface area (Å²) in [6.07, 6.45) is 2.18. The predicted octanol–water partition coefficient (Wildman–Crippen LogP) is 2.55. The minimum absolute atomic E-state index is 0. The number of aromatic nitrogens is 1. The van der Waals surface area contributed by atoms with Gasteiger partial charge in [0.05, 0.1) is 12.6 Å². The third kappa shape index (κ3) is 3.82. The Labute approximate surface area is 139 Å². The Morgan fingerprint density at radius 2 is 2.22 bits per heavy atom. The zero-order valence-electron chi connectivity index (χ0n) is 12.8. The molecule has 0 bridgehead atoms. The fourth-order valence-electron chi connectivity index (χ4n) is 2.99. The number of H-pyrrole nitrogens is 1.